The zero-order chi connectivity index (χ0) is 16.1. The van der Waals surface area contributed by atoms with Gasteiger partial charge < -0.3 is 15.2 Å². The van der Waals surface area contributed by atoms with Crippen LogP contribution in [0.5, 0.6) is 5.75 Å². The van der Waals surface area contributed by atoms with Crippen LogP contribution in [0.3, 0.4) is 0 Å². The number of H-pyrrole nitrogens is 1. The summed E-state index contributed by atoms with van der Waals surface area (Å²) in [7, 11) is 1.60. The molecule has 1 atom stereocenters. The van der Waals surface area contributed by atoms with E-state index in [4.69, 9.17) is 4.74 Å². The van der Waals surface area contributed by atoms with E-state index in [9.17, 15) is 9.90 Å². The van der Waals surface area contributed by atoms with Crippen molar-refractivity contribution in [3.63, 3.8) is 0 Å². The van der Waals surface area contributed by atoms with Gasteiger partial charge in [-0.05, 0) is 30.2 Å². The Labute approximate surface area is 129 Å². The summed E-state index contributed by atoms with van der Waals surface area (Å²) in [5.41, 5.74) is 1.93. The largest absolute Gasteiger partial charge is 0.497 e. The lowest BCUT2D eigenvalue weighted by Crippen LogP contribution is -2.41. The van der Waals surface area contributed by atoms with Crippen molar-refractivity contribution in [3.05, 3.63) is 36.0 Å². The van der Waals surface area contributed by atoms with Crippen LogP contribution in [-0.2, 0) is 0 Å². The monoisotopic (exact) mass is 303 g/mol. The van der Waals surface area contributed by atoms with Crippen molar-refractivity contribution in [1.82, 2.24) is 15.5 Å². The number of rotatable bonds is 6. The predicted octanol–water partition coefficient (Wildman–Crippen LogP) is 1.83. The minimum absolute atomic E-state index is 0.0981. The Bertz CT molecular complexity index is 620. The SMILES string of the molecule is COc1ccc(-c2[nH]ncc2C(=O)N[C@H](CO)C(C)C)cc1. The molecule has 0 aliphatic rings. The molecule has 1 heterocycles. The number of amides is 1. The molecule has 1 aromatic carbocycles. The number of methoxy groups -OCH3 is 1. The second-order valence-electron chi connectivity index (χ2n) is 5.39. The van der Waals surface area contributed by atoms with Gasteiger partial charge in [-0.25, -0.2) is 0 Å². The number of hydrogen-bond acceptors (Lipinski definition) is 4. The molecule has 118 valence electrons. The number of nitrogens with one attached hydrogen (secondary N) is 2. The van der Waals surface area contributed by atoms with Crippen molar-refractivity contribution in [2.75, 3.05) is 13.7 Å². The molecule has 1 amide bonds. The van der Waals surface area contributed by atoms with Crippen molar-refractivity contribution in [2.24, 2.45) is 5.92 Å². The molecule has 22 heavy (non-hydrogen) atoms. The fourth-order valence-corrected chi connectivity index (χ4v) is 2.11. The maximum absolute atomic E-state index is 12.4. The molecule has 0 spiro atoms. The highest BCUT2D eigenvalue weighted by molar-refractivity contribution is 5.99. The minimum Gasteiger partial charge on any atom is -0.497 e. The molecule has 0 radical (unpaired) electrons. The predicted molar refractivity (Wildman–Crippen MR) is 83.8 cm³/mol. The standard InChI is InChI=1S/C16H21N3O3/c1-10(2)14(9-20)18-16(21)13-8-17-19-15(13)11-4-6-12(22-3)7-5-11/h4-8,10,14,20H,9H2,1-3H3,(H,17,19)(H,18,21)/t14-/m1/s1. The highest BCUT2D eigenvalue weighted by atomic mass is 16.5. The molecule has 6 nitrogen and oxygen atoms in total. The van der Waals surface area contributed by atoms with Gasteiger partial charge in [0.05, 0.1) is 37.2 Å². The van der Waals surface area contributed by atoms with Gasteiger partial charge in [-0.3, -0.25) is 9.89 Å². The van der Waals surface area contributed by atoms with Gasteiger partial charge in [-0.1, -0.05) is 13.8 Å². The number of aromatic amines is 1. The maximum Gasteiger partial charge on any atom is 0.255 e. The lowest BCUT2D eigenvalue weighted by Gasteiger charge is -2.19. The molecule has 0 aliphatic carbocycles. The lowest BCUT2D eigenvalue weighted by atomic mass is 10.0. The Kier molecular flexibility index (Phi) is 5.16. The quantitative estimate of drug-likeness (QED) is 0.760. The Balaban J connectivity index is 2.22. The average Bonchev–Trinajstić information content (AvgIpc) is 3.01. The molecule has 2 aromatic rings. The number of aliphatic hydroxyl groups excluding tert-OH is 1. The summed E-state index contributed by atoms with van der Waals surface area (Å²) in [6.45, 7) is 3.79. The molecule has 1 aromatic heterocycles. The van der Waals surface area contributed by atoms with Crippen LogP contribution in [0.1, 0.15) is 24.2 Å². The Hall–Kier alpha value is -2.34. The van der Waals surface area contributed by atoms with Crippen LogP contribution < -0.4 is 10.1 Å². The fourth-order valence-electron chi connectivity index (χ4n) is 2.11. The third-order valence-corrected chi connectivity index (χ3v) is 3.58. The van der Waals surface area contributed by atoms with Crippen molar-refractivity contribution < 1.29 is 14.6 Å². The van der Waals surface area contributed by atoms with Crippen molar-refractivity contribution in [3.8, 4) is 17.0 Å². The first-order valence-electron chi connectivity index (χ1n) is 7.16. The molecule has 0 saturated carbocycles. The number of nitrogens with zero attached hydrogens (tertiary/aromatic N) is 1. The van der Waals surface area contributed by atoms with E-state index in [1.807, 2.05) is 38.1 Å². The second kappa shape index (κ2) is 7.09. The van der Waals surface area contributed by atoms with Crippen LogP contribution in [0.25, 0.3) is 11.3 Å². The Morgan fingerprint density at radius 1 is 1.36 bits per heavy atom. The third kappa shape index (κ3) is 3.46. The first-order chi connectivity index (χ1) is 10.6. The van der Waals surface area contributed by atoms with E-state index in [0.717, 1.165) is 11.3 Å². The molecule has 2 rings (SSSR count). The molecule has 0 bridgehead atoms. The van der Waals surface area contributed by atoms with Crippen LogP contribution in [0.15, 0.2) is 30.5 Å². The van der Waals surface area contributed by atoms with Gasteiger partial charge in [-0.15, -0.1) is 0 Å². The van der Waals surface area contributed by atoms with Crippen molar-refractivity contribution >= 4 is 5.91 Å². The van der Waals surface area contributed by atoms with E-state index in [1.54, 1.807) is 7.11 Å². The number of ether oxygens (including phenoxy) is 1. The number of aliphatic hydroxyl groups is 1. The van der Waals surface area contributed by atoms with E-state index >= 15 is 0 Å². The third-order valence-electron chi connectivity index (χ3n) is 3.58. The zero-order valence-electron chi connectivity index (χ0n) is 13.0. The Morgan fingerprint density at radius 2 is 2.05 bits per heavy atom. The van der Waals surface area contributed by atoms with E-state index in [2.05, 4.69) is 15.5 Å². The normalized spacial score (nSPS) is 12.2. The summed E-state index contributed by atoms with van der Waals surface area (Å²) in [6, 6.07) is 7.07. The second-order valence-corrected chi connectivity index (χ2v) is 5.39. The van der Waals surface area contributed by atoms with Gasteiger partial charge >= 0.3 is 0 Å². The van der Waals surface area contributed by atoms with Gasteiger partial charge in [0, 0.05) is 5.56 Å². The molecule has 0 fully saturated rings. The van der Waals surface area contributed by atoms with Gasteiger partial charge in [0.1, 0.15) is 5.75 Å². The lowest BCUT2D eigenvalue weighted by molar-refractivity contribution is 0.0897. The van der Waals surface area contributed by atoms with Gasteiger partial charge in [0.15, 0.2) is 0 Å². The maximum atomic E-state index is 12.4. The van der Waals surface area contributed by atoms with E-state index in [0.29, 0.717) is 11.3 Å². The summed E-state index contributed by atoms with van der Waals surface area (Å²) < 4.78 is 5.12. The van der Waals surface area contributed by atoms with Crippen LogP contribution in [0.4, 0.5) is 0 Å². The Morgan fingerprint density at radius 3 is 2.59 bits per heavy atom. The first-order valence-corrected chi connectivity index (χ1v) is 7.16. The number of hydrogen-bond donors (Lipinski definition) is 3. The first kappa shape index (κ1) is 16.0. The van der Waals surface area contributed by atoms with Crippen LogP contribution >= 0.6 is 0 Å². The van der Waals surface area contributed by atoms with Gasteiger partial charge in [-0.2, -0.15) is 5.10 Å². The summed E-state index contributed by atoms with van der Waals surface area (Å²) in [4.78, 5) is 12.4. The number of carbonyl (C=O) groups is 1. The average molecular weight is 303 g/mol. The summed E-state index contributed by atoms with van der Waals surface area (Å²) in [6.07, 6.45) is 1.49. The molecule has 0 saturated heterocycles. The molecule has 6 heteroatoms. The summed E-state index contributed by atoms with van der Waals surface area (Å²) >= 11 is 0. The van der Waals surface area contributed by atoms with Gasteiger partial charge in [0.2, 0.25) is 0 Å². The zero-order valence-corrected chi connectivity index (χ0v) is 13.0. The molecular weight excluding hydrogens is 282 g/mol. The number of carbonyl (C=O) groups excluding carboxylic acids is 1. The van der Waals surface area contributed by atoms with Crippen LogP contribution in [0.2, 0.25) is 0 Å². The molecule has 0 unspecified atom stereocenters. The van der Waals surface area contributed by atoms with Crippen molar-refractivity contribution in [2.45, 2.75) is 19.9 Å². The highest BCUT2D eigenvalue weighted by Gasteiger charge is 2.20. The van der Waals surface area contributed by atoms with E-state index in [1.165, 1.54) is 6.20 Å². The van der Waals surface area contributed by atoms with Crippen LogP contribution in [-0.4, -0.2) is 41.0 Å². The topological polar surface area (TPSA) is 87.2 Å². The number of aromatic nitrogens is 2. The summed E-state index contributed by atoms with van der Waals surface area (Å²) in [5, 5.41) is 19.0. The molecule has 3 N–H and O–H groups in total. The highest BCUT2D eigenvalue weighted by Crippen LogP contribution is 2.23. The minimum atomic E-state index is -0.286. The molecular formula is C16H21N3O3. The fraction of sp³-hybridized carbons (Fsp3) is 0.375. The van der Waals surface area contributed by atoms with E-state index in [-0.39, 0.29) is 24.5 Å². The van der Waals surface area contributed by atoms with Crippen molar-refractivity contribution in [1.29, 1.82) is 0 Å². The van der Waals surface area contributed by atoms with E-state index < -0.39 is 0 Å². The van der Waals surface area contributed by atoms with Gasteiger partial charge in [0.25, 0.3) is 5.91 Å². The smallest absolute Gasteiger partial charge is 0.255 e. The molecule has 0 aliphatic heterocycles. The summed E-state index contributed by atoms with van der Waals surface area (Å²) in [5.74, 6) is 0.632. The van der Waals surface area contributed by atoms with Crippen LogP contribution in [0, 0.1) is 5.92 Å². The number of benzene rings is 1.